The summed E-state index contributed by atoms with van der Waals surface area (Å²) in [5, 5.41) is 8.81. The van der Waals surface area contributed by atoms with Gasteiger partial charge in [0.05, 0.1) is 12.1 Å². The van der Waals surface area contributed by atoms with Crippen LogP contribution in [-0.4, -0.2) is 62.2 Å². The lowest BCUT2D eigenvalue weighted by atomic mass is 10.1. The summed E-state index contributed by atoms with van der Waals surface area (Å²) in [5.41, 5.74) is -1.23. The zero-order valence-electron chi connectivity index (χ0n) is 17.0. The van der Waals surface area contributed by atoms with Crippen LogP contribution in [0.1, 0.15) is 48.0 Å². The van der Waals surface area contributed by atoms with Gasteiger partial charge in [-0.3, -0.25) is 4.99 Å². The van der Waals surface area contributed by atoms with Crippen LogP contribution in [0.3, 0.4) is 0 Å². The minimum Gasteiger partial charge on any atom is -0.444 e. The first-order valence-electron chi connectivity index (χ1n) is 8.92. The van der Waals surface area contributed by atoms with Crippen LogP contribution in [0.25, 0.3) is 0 Å². The maximum Gasteiger partial charge on any atom is 0.411 e. The molecule has 0 rings (SSSR count). The van der Waals surface area contributed by atoms with Gasteiger partial charge in [-0.05, 0) is 48.0 Å². The molecule has 10 heteroatoms. The zero-order valence-corrected chi connectivity index (χ0v) is 17.0. The number of halogens is 3. The van der Waals surface area contributed by atoms with Crippen molar-refractivity contribution >= 4 is 12.1 Å². The molecule has 0 saturated heterocycles. The molecule has 1 amide bonds. The Morgan fingerprint density at radius 1 is 1.07 bits per heavy atom. The number of nitrogens with zero attached hydrogens (tertiary/aromatic N) is 1. The fourth-order valence-electron chi connectivity index (χ4n) is 1.81. The molecule has 0 unspecified atom stereocenters. The molecular formula is C17H33F3N4O3. The van der Waals surface area contributed by atoms with E-state index in [1.165, 1.54) is 0 Å². The van der Waals surface area contributed by atoms with E-state index in [0.29, 0.717) is 25.5 Å². The van der Waals surface area contributed by atoms with Crippen LogP contribution in [-0.2, 0) is 9.47 Å². The highest BCUT2D eigenvalue weighted by Gasteiger charge is 2.27. The van der Waals surface area contributed by atoms with E-state index in [-0.39, 0.29) is 13.2 Å². The smallest absolute Gasteiger partial charge is 0.411 e. The van der Waals surface area contributed by atoms with Crippen LogP contribution in [0.4, 0.5) is 18.0 Å². The molecule has 0 aromatic rings. The van der Waals surface area contributed by atoms with E-state index in [0.717, 1.165) is 0 Å². The highest BCUT2D eigenvalue weighted by molar-refractivity contribution is 5.79. The van der Waals surface area contributed by atoms with Gasteiger partial charge in [-0.25, -0.2) is 4.79 Å². The van der Waals surface area contributed by atoms with Crippen LogP contribution < -0.4 is 16.0 Å². The summed E-state index contributed by atoms with van der Waals surface area (Å²) in [6.45, 7) is 10.9. The zero-order chi connectivity index (χ0) is 21.1. The normalized spacial score (nSPS) is 13.3. The average Bonchev–Trinajstić information content (AvgIpc) is 2.44. The molecule has 160 valence electrons. The van der Waals surface area contributed by atoms with Crippen molar-refractivity contribution in [2.75, 3.05) is 32.8 Å². The SMILES string of the molecule is CCNC(=NCC(C)(C)NC(=O)OC(C)(C)C)NCCCOCC(F)(F)F. The van der Waals surface area contributed by atoms with Crippen molar-refractivity contribution in [1.29, 1.82) is 0 Å². The number of hydrogen-bond donors (Lipinski definition) is 3. The molecule has 0 aliphatic rings. The minimum absolute atomic E-state index is 0.00237. The second-order valence-electron chi connectivity index (χ2n) is 7.65. The largest absolute Gasteiger partial charge is 0.444 e. The molecule has 0 radical (unpaired) electrons. The number of alkyl halides is 3. The van der Waals surface area contributed by atoms with E-state index in [1.54, 1.807) is 20.8 Å². The molecule has 0 atom stereocenters. The molecular weight excluding hydrogens is 365 g/mol. The maximum absolute atomic E-state index is 12.0. The number of carbonyl (C=O) groups excluding carboxylic acids is 1. The monoisotopic (exact) mass is 398 g/mol. The second kappa shape index (κ2) is 11.2. The molecule has 0 aliphatic heterocycles. The van der Waals surface area contributed by atoms with Crippen molar-refractivity contribution in [3.05, 3.63) is 0 Å². The maximum atomic E-state index is 12.0. The molecule has 7 nitrogen and oxygen atoms in total. The van der Waals surface area contributed by atoms with Gasteiger partial charge in [0.2, 0.25) is 0 Å². The standard InChI is InChI=1S/C17H33F3N4O3/c1-7-21-13(22-9-8-10-26-12-17(18,19)20)23-11-16(5,6)24-14(25)27-15(2,3)4/h7-12H2,1-6H3,(H,24,25)(H2,21,22,23). The summed E-state index contributed by atoms with van der Waals surface area (Å²) in [6.07, 6.45) is -4.43. The van der Waals surface area contributed by atoms with Gasteiger partial charge in [0.25, 0.3) is 0 Å². The van der Waals surface area contributed by atoms with Crippen molar-refractivity contribution < 1.29 is 27.4 Å². The Labute approximate surface area is 159 Å². The Hall–Kier alpha value is -1.71. The van der Waals surface area contributed by atoms with Crippen molar-refractivity contribution in [2.24, 2.45) is 4.99 Å². The van der Waals surface area contributed by atoms with E-state index >= 15 is 0 Å². The first kappa shape index (κ1) is 25.3. The summed E-state index contributed by atoms with van der Waals surface area (Å²) in [7, 11) is 0. The number of ether oxygens (including phenoxy) is 2. The Balaban J connectivity index is 4.38. The number of alkyl carbamates (subject to hydrolysis) is 1. The Bertz CT molecular complexity index is 475. The number of guanidine groups is 1. The van der Waals surface area contributed by atoms with Gasteiger partial charge in [0.15, 0.2) is 5.96 Å². The molecule has 0 fully saturated rings. The second-order valence-corrected chi connectivity index (χ2v) is 7.65. The van der Waals surface area contributed by atoms with Crippen LogP contribution >= 0.6 is 0 Å². The molecule has 0 heterocycles. The summed E-state index contributed by atoms with van der Waals surface area (Å²) in [5.74, 6) is 0.507. The lowest BCUT2D eigenvalue weighted by Gasteiger charge is -2.27. The Morgan fingerprint density at radius 3 is 2.22 bits per heavy atom. The number of aliphatic imine (C=N–C) groups is 1. The quantitative estimate of drug-likeness (QED) is 0.316. The topological polar surface area (TPSA) is 84.0 Å². The molecule has 0 saturated carbocycles. The van der Waals surface area contributed by atoms with Gasteiger partial charge in [0, 0.05) is 19.7 Å². The first-order valence-corrected chi connectivity index (χ1v) is 8.92. The summed E-state index contributed by atoms with van der Waals surface area (Å²) in [6, 6.07) is 0. The van der Waals surface area contributed by atoms with E-state index in [9.17, 15) is 18.0 Å². The number of amides is 1. The summed E-state index contributed by atoms with van der Waals surface area (Å²) in [4.78, 5) is 16.3. The minimum atomic E-state index is -4.31. The number of rotatable bonds is 9. The van der Waals surface area contributed by atoms with Crippen LogP contribution in [0.15, 0.2) is 4.99 Å². The van der Waals surface area contributed by atoms with Crippen LogP contribution in [0.2, 0.25) is 0 Å². The number of nitrogens with one attached hydrogen (secondary N) is 3. The number of hydrogen-bond acceptors (Lipinski definition) is 4. The van der Waals surface area contributed by atoms with Gasteiger partial charge in [0.1, 0.15) is 12.2 Å². The van der Waals surface area contributed by atoms with Crippen LogP contribution in [0.5, 0.6) is 0 Å². The third kappa shape index (κ3) is 16.2. The third-order valence-corrected chi connectivity index (χ3v) is 2.84. The summed E-state index contributed by atoms with van der Waals surface area (Å²) < 4.78 is 45.7. The molecule has 0 bridgehead atoms. The lowest BCUT2D eigenvalue weighted by molar-refractivity contribution is -0.173. The summed E-state index contributed by atoms with van der Waals surface area (Å²) >= 11 is 0. The average molecular weight is 398 g/mol. The Morgan fingerprint density at radius 2 is 1.70 bits per heavy atom. The van der Waals surface area contributed by atoms with E-state index in [4.69, 9.17) is 4.74 Å². The van der Waals surface area contributed by atoms with Crippen molar-refractivity contribution in [2.45, 2.75) is 65.3 Å². The Kier molecular flexibility index (Phi) is 10.5. The molecule has 3 N–H and O–H groups in total. The molecule has 27 heavy (non-hydrogen) atoms. The van der Waals surface area contributed by atoms with Crippen molar-refractivity contribution in [1.82, 2.24) is 16.0 Å². The van der Waals surface area contributed by atoms with E-state index in [1.807, 2.05) is 20.8 Å². The van der Waals surface area contributed by atoms with Gasteiger partial charge in [-0.1, -0.05) is 0 Å². The van der Waals surface area contributed by atoms with Crippen molar-refractivity contribution in [3.63, 3.8) is 0 Å². The highest BCUT2D eigenvalue weighted by Crippen LogP contribution is 2.14. The fraction of sp³-hybridized carbons (Fsp3) is 0.882. The van der Waals surface area contributed by atoms with E-state index in [2.05, 4.69) is 25.7 Å². The van der Waals surface area contributed by atoms with Gasteiger partial charge in [-0.2, -0.15) is 13.2 Å². The van der Waals surface area contributed by atoms with Gasteiger partial charge < -0.3 is 25.4 Å². The number of carbonyl (C=O) groups is 1. The van der Waals surface area contributed by atoms with Crippen molar-refractivity contribution in [3.8, 4) is 0 Å². The third-order valence-electron chi connectivity index (χ3n) is 2.84. The molecule has 0 aromatic carbocycles. The van der Waals surface area contributed by atoms with Gasteiger partial charge in [-0.15, -0.1) is 0 Å². The van der Waals surface area contributed by atoms with E-state index < -0.39 is 30.0 Å². The molecule has 0 spiro atoms. The molecule has 0 aromatic heterocycles. The first-order chi connectivity index (χ1) is 12.2. The van der Waals surface area contributed by atoms with Gasteiger partial charge >= 0.3 is 12.3 Å². The lowest BCUT2D eigenvalue weighted by Crippen LogP contribution is -2.49. The molecule has 0 aliphatic carbocycles. The van der Waals surface area contributed by atoms with Crippen LogP contribution in [0, 0.1) is 0 Å². The predicted molar refractivity (Wildman–Crippen MR) is 98.9 cm³/mol. The predicted octanol–water partition coefficient (Wildman–Crippen LogP) is 2.81. The highest BCUT2D eigenvalue weighted by atomic mass is 19.4. The fourth-order valence-corrected chi connectivity index (χ4v) is 1.81.